The third kappa shape index (κ3) is 11.7. The van der Waals surface area contributed by atoms with Crippen molar-refractivity contribution in [3.05, 3.63) is 285 Å². The summed E-state index contributed by atoms with van der Waals surface area (Å²) >= 11 is 0. The lowest BCUT2D eigenvalue weighted by molar-refractivity contribution is -0.00774. The highest BCUT2D eigenvalue weighted by molar-refractivity contribution is 6.06. The summed E-state index contributed by atoms with van der Waals surface area (Å²) in [4.78, 5) is 97.9. The van der Waals surface area contributed by atoms with E-state index >= 15 is 0 Å². The first-order valence-electron chi connectivity index (χ1n) is 26.6. The molecule has 0 fully saturated rings. The highest BCUT2D eigenvalue weighted by atomic mass is 16.5. The van der Waals surface area contributed by atoms with Gasteiger partial charge in [-0.05, 0) is 119 Å². The van der Waals surface area contributed by atoms with Gasteiger partial charge in [0.25, 0.3) is 0 Å². The summed E-state index contributed by atoms with van der Waals surface area (Å²) in [5.74, 6) is -12.7. The molecule has 2 aliphatic rings. The molecule has 0 bridgehead atoms. The number of allylic oxidation sites excluding steroid dienone is 4. The summed E-state index contributed by atoms with van der Waals surface area (Å²) in [6, 6.07) is 41.1. The molecule has 2 unspecified atom stereocenters. The molecule has 21 heteroatoms. The van der Waals surface area contributed by atoms with E-state index in [4.69, 9.17) is 23.7 Å². The number of carboxylic acids is 8. The molecule has 0 saturated heterocycles. The second-order valence-electron chi connectivity index (χ2n) is 19.9. The van der Waals surface area contributed by atoms with Crippen molar-refractivity contribution in [1.82, 2.24) is 0 Å². The molecular formula is C68H46O21. The minimum Gasteiger partial charge on any atom is -0.478 e. The fourth-order valence-electron chi connectivity index (χ4n) is 10.8. The molecule has 0 saturated carbocycles. The molecule has 10 rings (SSSR count). The molecule has 0 aliphatic heterocycles. The van der Waals surface area contributed by atoms with E-state index in [9.17, 15) is 79.2 Å². The molecule has 2 atom stereocenters. The molecule has 444 valence electrons. The van der Waals surface area contributed by atoms with Gasteiger partial charge in [-0.25, -0.2) is 38.4 Å². The van der Waals surface area contributed by atoms with E-state index < -0.39 is 115 Å². The number of rotatable bonds is 22. The van der Waals surface area contributed by atoms with Crippen molar-refractivity contribution in [2.45, 2.75) is 23.0 Å². The first-order valence-corrected chi connectivity index (χ1v) is 26.6. The zero-order valence-corrected chi connectivity index (χ0v) is 45.8. The number of aromatic carboxylic acids is 8. The molecule has 0 aromatic heterocycles. The Morgan fingerprint density at radius 2 is 0.506 bits per heavy atom. The van der Waals surface area contributed by atoms with Gasteiger partial charge in [0.2, 0.25) is 0 Å². The maximum Gasteiger partial charge on any atom is 0.340 e. The Kier molecular flexibility index (Phi) is 16.6. The van der Waals surface area contributed by atoms with Crippen LogP contribution in [0.25, 0.3) is 0 Å². The summed E-state index contributed by atoms with van der Waals surface area (Å²) in [7, 11) is 0. The Balaban J connectivity index is 1.09. The molecule has 2 aliphatic carbocycles. The zero-order valence-electron chi connectivity index (χ0n) is 45.8. The first kappa shape index (κ1) is 59.8. The number of hydrogen-bond acceptors (Lipinski definition) is 13. The molecule has 8 aromatic rings. The Morgan fingerprint density at radius 3 is 0.708 bits per heavy atom. The van der Waals surface area contributed by atoms with Gasteiger partial charge in [-0.3, -0.25) is 0 Å². The third-order valence-corrected chi connectivity index (χ3v) is 14.8. The van der Waals surface area contributed by atoms with Crippen LogP contribution in [0.5, 0.6) is 46.0 Å². The van der Waals surface area contributed by atoms with Gasteiger partial charge in [-0.1, -0.05) is 121 Å². The van der Waals surface area contributed by atoms with Crippen molar-refractivity contribution in [1.29, 1.82) is 0 Å². The first-order chi connectivity index (χ1) is 42.7. The van der Waals surface area contributed by atoms with E-state index in [0.29, 0.717) is 22.3 Å². The lowest BCUT2D eigenvalue weighted by atomic mass is 9.66. The average Bonchev–Trinajstić information content (AvgIpc) is 0.793. The standard InChI is InChI=1S/C68H46O21/c69-59(70)45-9-5-13-49(55(45)63(77)78)85-41-27-19-37(20-28-41)67(38-21-29-42(30-22-38)86-50-14-6-10-46(60(71)72)56(50)64(79)80)35-3-1-17-53(67)89-54-18-2-4-36-68(54,39-23-31-43(32-24-39)87-51-15-7-11-47(61(73)74)57(51)65(81)82)40-25-33-44(34-26-40)88-52-16-8-12-48(62(75)76)58(52)66(83)84/h1-36,53-54H,(H,69,70)(H,71,72)(H,73,74)(H,75,76)(H,77,78)(H,79,80)(H,81,82)(H,83,84). The normalized spacial score (nSPS) is 15.1. The summed E-state index contributed by atoms with van der Waals surface area (Å²) in [5.41, 5.74) is -4.83. The van der Waals surface area contributed by atoms with Crippen molar-refractivity contribution in [2.75, 3.05) is 0 Å². The summed E-state index contributed by atoms with van der Waals surface area (Å²) < 4.78 is 31.7. The van der Waals surface area contributed by atoms with Crippen molar-refractivity contribution in [3.8, 4) is 46.0 Å². The lowest BCUT2D eigenvalue weighted by Crippen LogP contribution is -2.48. The average molecular weight is 1200 g/mol. The van der Waals surface area contributed by atoms with Gasteiger partial charge >= 0.3 is 47.8 Å². The van der Waals surface area contributed by atoms with Crippen molar-refractivity contribution >= 4 is 47.8 Å². The van der Waals surface area contributed by atoms with Crippen LogP contribution in [-0.4, -0.2) is 101 Å². The fourth-order valence-corrected chi connectivity index (χ4v) is 10.8. The van der Waals surface area contributed by atoms with Crippen molar-refractivity contribution in [2.24, 2.45) is 0 Å². The van der Waals surface area contributed by atoms with Gasteiger partial charge in [-0.2, -0.15) is 0 Å². The molecular weight excluding hydrogens is 1150 g/mol. The Morgan fingerprint density at radius 1 is 0.281 bits per heavy atom. The van der Waals surface area contributed by atoms with Crippen LogP contribution < -0.4 is 18.9 Å². The Labute approximate surface area is 503 Å². The van der Waals surface area contributed by atoms with Crippen molar-refractivity contribution in [3.63, 3.8) is 0 Å². The highest BCUT2D eigenvalue weighted by Gasteiger charge is 2.47. The van der Waals surface area contributed by atoms with Crippen LogP contribution in [0.2, 0.25) is 0 Å². The highest BCUT2D eigenvalue weighted by Crippen LogP contribution is 2.49. The minimum atomic E-state index is -1.54. The Hall–Kier alpha value is -12.4. The number of ether oxygens (including phenoxy) is 5. The molecule has 0 spiro atoms. The van der Waals surface area contributed by atoms with Crippen LogP contribution in [0.15, 0.2) is 218 Å². The summed E-state index contributed by atoms with van der Waals surface area (Å²) in [6.45, 7) is 0. The van der Waals surface area contributed by atoms with Gasteiger partial charge in [0.05, 0.1) is 45.3 Å². The van der Waals surface area contributed by atoms with E-state index in [-0.39, 0.29) is 46.0 Å². The largest absolute Gasteiger partial charge is 0.478 e. The number of carboxylic acid groups (broad SMARTS) is 8. The number of benzene rings is 8. The van der Waals surface area contributed by atoms with Gasteiger partial charge in [0, 0.05) is 0 Å². The van der Waals surface area contributed by atoms with E-state index in [1.807, 2.05) is 24.3 Å². The second kappa shape index (κ2) is 24.7. The van der Waals surface area contributed by atoms with Crippen molar-refractivity contribution < 1.29 is 103 Å². The predicted molar refractivity (Wildman–Crippen MR) is 314 cm³/mol. The van der Waals surface area contributed by atoms with Gasteiger partial charge in [0.15, 0.2) is 0 Å². The molecule has 0 radical (unpaired) electrons. The summed E-state index contributed by atoms with van der Waals surface area (Å²) in [5, 5.41) is 79.6. The second-order valence-corrected chi connectivity index (χ2v) is 19.9. The maximum absolute atomic E-state index is 12.4. The smallest absolute Gasteiger partial charge is 0.340 e. The quantitative estimate of drug-likeness (QED) is 0.0312. The molecule has 8 aromatic carbocycles. The zero-order chi connectivity index (χ0) is 63.3. The lowest BCUT2D eigenvalue weighted by Gasteiger charge is -2.46. The van der Waals surface area contributed by atoms with Gasteiger partial charge in [0.1, 0.15) is 68.2 Å². The fraction of sp³-hybridized carbons (Fsp3) is 0.0588. The predicted octanol–water partition coefficient (Wildman–Crippen LogP) is 12.7. The molecule has 89 heavy (non-hydrogen) atoms. The van der Waals surface area contributed by atoms with Gasteiger partial charge in [-0.15, -0.1) is 0 Å². The number of carbonyl (C=O) groups is 8. The SMILES string of the molecule is O=C(O)c1cccc(Oc2ccc(C3(c4ccc(Oc5cccc(C(=O)O)c5C(=O)O)cc4)C=CC=CC3OC3C=CC=CC3(c3ccc(Oc4cccc(C(=O)O)c4C(=O)O)cc3)c3ccc(Oc4cccc(C(=O)O)c4C(=O)O)cc3)cc2)c1C(=O)O. The van der Waals surface area contributed by atoms with Crippen LogP contribution in [0.3, 0.4) is 0 Å². The van der Waals surface area contributed by atoms with E-state index in [0.717, 1.165) is 24.3 Å². The Bertz CT molecular complexity index is 3790. The van der Waals surface area contributed by atoms with Gasteiger partial charge < -0.3 is 64.5 Å². The third-order valence-electron chi connectivity index (χ3n) is 14.8. The molecule has 0 amide bonds. The van der Waals surface area contributed by atoms with Crippen LogP contribution in [0.1, 0.15) is 105 Å². The monoisotopic (exact) mass is 1200 g/mol. The molecule has 0 heterocycles. The summed E-state index contributed by atoms with van der Waals surface area (Å²) in [6.07, 6.45) is 12.5. The van der Waals surface area contributed by atoms with Crippen LogP contribution >= 0.6 is 0 Å². The molecule has 8 N–H and O–H groups in total. The maximum atomic E-state index is 12.4. The van der Waals surface area contributed by atoms with Crippen LogP contribution in [0, 0.1) is 0 Å². The van der Waals surface area contributed by atoms with E-state index in [2.05, 4.69) is 0 Å². The topological polar surface area (TPSA) is 345 Å². The molecule has 21 nitrogen and oxygen atoms in total. The van der Waals surface area contributed by atoms with Crippen LogP contribution in [-0.2, 0) is 15.6 Å². The minimum absolute atomic E-state index is 0.116. The van der Waals surface area contributed by atoms with E-state index in [1.54, 1.807) is 121 Å². The van der Waals surface area contributed by atoms with E-state index in [1.165, 1.54) is 48.5 Å². The number of hydrogen-bond donors (Lipinski definition) is 8. The van der Waals surface area contributed by atoms with Crippen LogP contribution in [0.4, 0.5) is 0 Å².